The number of carbonyl (C=O) groups is 1. The molecule has 0 atom stereocenters. The van der Waals surface area contributed by atoms with E-state index >= 15 is 0 Å². The fourth-order valence-electron chi connectivity index (χ4n) is 2.79. The van der Waals surface area contributed by atoms with Gasteiger partial charge in [0.2, 0.25) is 0 Å². The summed E-state index contributed by atoms with van der Waals surface area (Å²) < 4.78 is 13.4. The van der Waals surface area contributed by atoms with Gasteiger partial charge in [0.1, 0.15) is 11.4 Å². The number of fused-ring (bicyclic) bond motifs is 1. The predicted molar refractivity (Wildman–Crippen MR) is 101 cm³/mol. The molecule has 0 saturated heterocycles. The first kappa shape index (κ1) is 17.5. The van der Waals surface area contributed by atoms with Crippen molar-refractivity contribution in [2.24, 2.45) is 0 Å². The van der Waals surface area contributed by atoms with Crippen LogP contribution in [0.15, 0.2) is 36.4 Å². The monoisotopic (exact) mass is 358 g/mol. The van der Waals surface area contributed by atoms with Gasteiger partial charge >= 0.3 is 0 Å². The summed E-state index contributed by atoms with van der Waals surface area (Å²) in [5.41, 5.74) is 2.89. The van der Waals surface area contributed by atoms with E-state index in [1.807, 2.05) is 30.3 Å². The SMILES string of the molecule is COCCNC(=O)c1cc2sc(C)cc2n1Cc1ccc(OC)cc1. The molecule has 0 fully saturated rings. The van der Waals surface area contributed by atoms with Crippen molar-refractivity contribution in [3.8, 4) is 5.75 Å². The van der Waals surface area contributed by atoms with E-state index in [1.54, 1.807) is 25.6 Å². The van der Waals surface area contributed by atoms with Crippen molar-refractivity contribution in [3.05, 3.63) is 52.5 Å². The molecule has 3 rings (SSSR count). The van der Waals surface area contributed by atoms with Crippen molar-refractivity contribution in [3.63, 3.8) is 0 Å². The number of hydrogen-bond acceptors (Lipinski definition) is 4. The summed E-state index contributed by atoms with van der Waals surface area (Å²) >= 11 is 1.70. The van der Waals surface area contributed by atoms with Gasteiger partial charge in [0, 0.05) is 25.1 Å². The molecule has 0 aliphatic heterocycles. The second-order valence-electron chi connectivity index (χ2n) is 5.82. The van der Waals surface area contributed by atoms with E-state index in [4.69, 9.17) is 9.47 Å². The van der Waals surface area contributed by atoms with Crippen LogP contribution >= 0.6 is 11.3 Å². The van der Waals surface area contributed by atoms with Gasteiger partial charge in [0.15, 0.2) is 0 Å². The first-order valence-corrected chi connectivity index (χ1v) is 8.93. The molecule has 1 amide bonds. The van der Waals surface area contributed by atoms with Crippen molar-refractivity contribution in [2.75, 3.05) is 27.4 Å². The number of aryl methyl sites for hydroxylation is 1. The van der Waals surface area contributed by atoms with Crippen LogP contribution in [0, 0.1) is 6.92 Å². The summed E-state index contributed by atoms with van der Waals surface area (Å²) in [6.07, 6.45) is 0. The zero-order valence-electron chi connectivity index (χ0n) is 14.7. The Kier molecular flexibility index (Phi) is 5.40. The molecule has 0 unspecified atom stereocenters. The number of nitrogens with one attached hydrogen (secondary N) is 1. The highest BCUT2D eigenvalue weighted by Gasteiger charge is 2.17. The van der Waals surface area contributed by atoms with Crippen LogP contribution in [0.1, 0.15) is 20.9 Å². The predicted octanol–water partition coefficient (Wildman–Crippen LogP) is 3.44. The van der Waals surface area contributed by atoms with Crippen LogP contribution in [-0.2, 0) is 11.3 Å². The maximum Gasteiger partial charge on any atom is 0.268 e. The average molecular weight is 358 g/mol. The largest absolute Gasteiger partial charge is 0.497 e. The Hall–Kier alpha value is -2.31. The summed E-state index contributed by atoms with van der Waals surface area (Å²) in [7, 11) is 3.28. The van der Waals surface area contributed by atoms with Gasteiger partial charge < -0.3 is 19.4 Å². The molecule has 0 saturated carbocycles. The Balaban J connectivity index is 1.92. The fourth-order valence-corrected chi connectivity index (χ4v) is 3.76. The molecule has 5 nitrogen and oxygen atoms in total. The van der Waals surface area contributed by atoms with Gasteiger partial charge in [0.25, 0.3) is 5.91 Å². The Morgan fingerprint density at radius 3 is 2.64 bits per heavy atom. The second kappa shape index (κ2) is 7.72. The van der Waals surface area contributed by atoms with Gasteiger partial charge in [-0.25, -0.2) is 0 Å². The molecule has 2 heterocycles. The third-order valence-corrected chi connectivity index (χ3v) is 5.02. The number of amides is 1. The smallest absolute Gasteiger partial charge is 0.268 e. The minimum Gasteiger partial charge on any atom is -0.497 e. The van der Waals surface area contributed by atoms with Crippen LogP contribution in [0.4, 0.5) is 0 Å². The van der Waals surface area contributed by atoms with Crippen LogP contribution in [0.3, 0.4) is 0 Å². The van der Waals surface area contributed by atoms with Crippen LogP contribution in [-0.4, -0.2) is 37.8 Å². The molecule has 0 radical (unpaired) electrons. The first-order chi connectivity index (χ1) is 12.1. The molecule has 6 heteroatoms. The highest BCUT2D eigenvalue weighted by Crippen LogP contribution is 2.29. The van der Waals surface area contributed by atoms with Crippen LogP contribution < -0.4 is 10.1 Å². The van der Waals surface area contributed by atoms with E-state index in [0.717, 1.165) is 21.5 Å². The van der Waals surface area contributed by atoms with Gasteiger partial charge in [-0.15, -0.1) is 11.3 Å². The maximum atomic E-state index is 12.6. The minimum atomic E-state index is -0.0772. The third kappa shape index (κ3) is 3.86. The van der Waals surface area contributed by atoms with Gasteiger partial charge in [0.05, 0.1) is 23.9 Å². The standard InChI is InChI=1S/C19H22N2O3S/c1-13-10-16-18(25-13)11-17(19(22)20-8-9-23-2)21(16)12-14-4-6-15(24-3)7-5-14/h4-7,10-11H,8-9,12H2,1-3H3,(H,20,22). The number of thiophene rings is 1. The van der Waals surface area contributed by atoms with E-state index in [-0.39, 0.29) is 5.91 Å². The van der Waals surface area contributed by atoms with Crippen LogP contribution in [0.2, 0.25) is 0 Å². The molecule has 1 aromatic carbocycles. The number of carbonyl (C=O) groups excluding carboxylic acids is 1. The quantitative estimate of drug-likeness (QED) is 0.658. The molecular weight excluding hydrogens is 336 g/mol. The lowest BCUT2D eigenvalue weighted by Crippen LogP contribution is -2.29. The molecule has 0 spiro atoms. The van der Waals surface area contributed by atoms with E-state index < -0.39 is 0 Å². The van der Waals surface area contributed by atoms with Crippen molar-refractivity contribution in [1.29, 1.82) is 0 Å². The Labute approximate surface area is 151 Å². The number of aromatic nitrogens is 1. The lowest BCUT2D eigenvalue weighted by atomic mass is 10.2. The molecular formula is C19H22N2O3S. The number of benzene rings is 1. The average Bonchev–Trinajstić information content (AvgIpc) is 3.13. The Bertz CT molecular complexity index is 865. The number of rotatable bonds is 7. The van der Waals surface area contributed by atoms with Gasteiger partial charge in [-0.3, -0.25) is 4.79 Å². The molecule has 1 N–H and O–H groups in total. The van der Waals surface area contributed by atoms with Crippen molar-refractivity contribution < 1.29 is 14.3 Å². The molecule has 0 aliphatic rings. The van der Waals surface area contributed by atoms with Crippen molar-refractivity contribution in [2.45, 2.75) is 13.5 Å². The van der Waals surface area contributed by atoms with E-state index in [2.05, 4.69) is 22.9 Å². The molecule has 25 heavy (non-hydrogen) atoms. The number of nitrogens with zero attached hydrogens (tertiary/aromatic N) is 1. The highest BCUT2D eigenvalue weighted by molar-refractivity contribution is 7.19. The topological polar surface area (TPSA) is 52.5 Å². The summed E-state index contributed by atoms with van der Waals surface area (Å²) in [5.74, 6) is 0.747. The second-order valence-corrected chi connectivity index (χ2v) is 7.11. The third-order valence-electron chi connectivity index (χ3n) is 4.04. The summed E-state index contributed by atoms with van der Waals surface area (Å²) in [5, 5.41) is 2.91. The van der Waals surface area contributed by atoms with E-state index in [1.165, 1.54) is 4.88 Å². The van der Waals surface area contributed by atoms with Gasteiger partial charge in [-0.1, -0.05) is 12.1 Å². The molecule has 0 bridgehead atoms. The van der Waals surface area contributed by atoms with Crippen LogP contribution in [0.5, 0.6) is 5.75 Å². The molecule has 132 valence electrons. The van der Waals surface area contributed by atoms with Crippen LogP contribution in [0.25, 0.3) is 10.2 Å². The number of hydrogen-bond donors (Lipinski definition) is 1. The molecule has 3 aromatic rings. The lowest BCUT2D eigenvalue weighted by Gasteiger charge is -2.11. The van der Waals surface area contributed by atoms with Gasteiger partial charge in [-0.05, 0) is 36.8 Å². The Morgan fingerprint density at radius 1 is 1.20 bits per heavy atom. The lowest BCUT2D eigenvalue weighted by molar-refractivity contribution is 0.0928. The summed E-state index contributed by atoms with van der Waals surface area (Å²) in [6, 6.07) is 12.0. The molecule has 2 aromatic heterocycles. The van der Waals surface area contributed by atoms with E-state index in [0.29, 0.717) is 25.4 Å². The minimum absolute atomic E-state index is 0.0772. The number of methoxy groups -OCH3 is 2. The fraction of sp³-hybridized carbons (Fsp3) is 0.316. The summed E-state index contributed by atoms with van der Waals surface area (Å²) in [6.45, 7) is 3.71. The zero-order valence-corrected chi connectivity index (χ0v) is 15.5. The highest BCUT2D eigenvalue weighted by atomic mass is 32.1. The normalized spacial score (nSPS) is 11.0. The van der Waals surface area contributed by atoms with Crippen molar-refractivity contribution >= 4 is 27.5 Å². The number of ether oxygens (including phenoxy) is 2. The molecule has 0 aliphatic carbocycles. The Morgan fingerprint density at radius 2 is 1.96 bits per heavy atom. The zero-order chi connectivity index (χ0) is 17.8. The maximum absolute atomic E-state index is 12.6. The first-order valence-electron chi connectivity index (χ1n) is 8.12. The van der Waals surface area contributed by atoms with Gasteiger partial charge in [-0.2, -0.15) is 0 Å². The van der Waals surface area contributed by atoms with Crippen molar-refractivity contribution in [1.82, 2.24) is 9.88 Å². The summed E-state index contributed by atoms with van der Waals surface area (Å²) in [4.78, 5) is 13.8. The van der Waals surface area contributed by atoms with E-state index in [9.17, 15) is 4.79 Å².